The van der Waals surface area contributed by atoms with Crippen molar-refractivity contribution in [1.29, 1.82) is 0 Å². The molecule has 27 heavy (non-hydrogen) atoms. The number of nitrogens with one attached hydrogen (secondary N) is 1. The predicted molar refractivity (Wildman–Crippen MR) is 95.9 cm³/mol. The number of alkyl halides is 3. The van der Waals surface area contributed by atoms with E-state index in [1.807, 2.05) is 0 Å². The van der Waals surface area contributed by atoms with Gasteiger partial charge in [0.15, 0.2) is 0 Å². The van der Waals surface area contributed by atoms with Gasteiger partial charge in [0.1, 0.15) is 6.54 Å². The van der Waals surface area contributed by atoms with Crippen LogP contribution in [0.3, 0.4) is 0 Å². The van der Waals surface area contributed by atoms with Gasteiger partial charge in [-0.1, -0.05) is 11.6 Å². The van der Waals surface area contributed by atoms with E-state index in [9.17, 15) is 18.0 Å². The van der Waals surface area contributed by atoms with Gasteiger partial charge < -0.3 is 10.4 Å². The van der Waals surface area contributed by atoms with Crippen molar-refractivity contribution in [1.82, 2.24) is 15.1 Å². The highest BCUT2D eigenvalue weighted by molar-refractivity contribution is 7.99. The highest BCUT2D eigenvalue weighted by Crippen LogP contribution is 2.36. The van der Waals surface area contributed by atoms with Crippen molar-refractivity contribution in [3.63, 3.8) is 0 Å². The minimum Gasteiger partial charge on any atom is -0.480 e. The van der Waals surface area contributed by atoms with Crippen LogP contribution in [0.4, 0.5) is 13.2 Å². The number of nitrogens with zero attached hydrogens (tertiary/aromatic N) is 2. The molecular weight excluding hydrogens is 403 g/mol. The summed E-state index contributed by atoms with van der Waals surface area (Å²) in [7, 11) is 0. The fourth-order valence-electron chi connectivity index (χ4n) is 3.11. The molecule has 2 aromatic rings. The van der Waals surface area contributed by atoms with Crippen LogP contribution < -0.4 is 5.32 Å². The van der Waals surface area contributed by atoms with E-state index in [0.29, 0.717) is 10.8 Å². The van der Waals surface area contributed by atoms with E-state index in [0.717, 1.165) is 42.7 Å². The number of fused-ring (bicyclic) bond motifs is 1. The molecule has 0 saturated carbocycles. The molecule has 1 aromatic heterocycles. The highest BCUT2D eigenvalue weighted by Gasteiger charge is 2.31. The maximum atomic E-state index is 12.7. The molecule has 1 aliphatic carbocycles. The summed E-state index contributed by atoms with van der Waals surface area (Å²) in [6, 6.07) is 3.34. The molecule has 1 aliphatic rings. The second-order valence-corrected chi connectivity index (χ2v) is 7.60. The average Bonchev–Trinajstić information content (AvgIpc) is 2.98. The SMILES string of the molecule is O=C(O)Cn1ncc2c1CCC[C@H]2NCSc1ccc(C(F)(F)F)cc1Cl. The standard InChI is InChI=1S/C17H17ClF3N3O2S/c18-12-6-10(17(19,20)21)4-5-15(12)27-9-22-13-2-1-3-14-11(13)7-23-24(14)8-16(25)26/h4-7,13,22H,1-3,8-9H2,(H,25,26)/t13-/m1/s1. The first-order chi connectivity index (χ1) is 12.8. The van der Waals surface area contributed by atoms with Gasteiger partial charge in [0.2, 0.25) is 0 Å². The Kier molecular flexibility index (Phi) is 6.02. The van der Waals surface area contributed by atoms with Crippen molar-refractivity contribution < 1.29 is 23.1 Å². The number of halogens is 4. The van der Waals surface area contributed by atoms with E-state index in [4.69, 9.17) is 16.7 Å². The number of benzene rings is 1. The predicted octanol–water partition coefficient (Wildman–Crippen LogP) is 4.36. The van der Waals surface area contributed by atoms with Crippen molar-refractivity contribution in [3.05, 3.63) is 46.2 Å². The van der Waals surface area contributed by atoms with E-state index in [1.165, 1.54) is 22.5 Å². The van der Waals surface area contributed by atoms with Gasteiger partial charge in [-0.2, -0.15) is 18.3 Å². The third-order valence-electron chi connectivity index (χ3n) is 4.36. The van der Waals surface area contributed by atoms with Gasteiger partial charge in [0, 0.05) is 28.1 Å². The largest absolute Gasteiger partial charge is 0.480 e. The smallest absolute Gasteiger partial charge is 0.416 e. The Bertz CT molecular complexity index is 841. The molecule has 0 bridgehead atoms. The molecule has 2 N–H and O–H groups in total. The van der Waals surface area contributed by atoms with Gasteiger partial charge in [-0.3, -0.25) is 9.48 Å². The Hall–Kier alpha value is -1.71. The van der Waals surface area contributed by atoms with Gasteiger partial charge in [-0.05, 0) is 37.5 Å². The van der Waals surface area contributed by atoms with E-state index in [2.05, 4.69) is 10.4 Å². The van der Waals surface area contributed by atoms with E-state index < -0.39 is 17.7 Å². The van der Waals surface area contributed by atoms with Crippen LogP contribution in [0.1, 0.15) is 35.7 Å². The molecule has 10 heteroatoms. The number of carboxylic acids is 1. The average molecular weight is 420 g/mol. The Labute approximate surface area is 162 Å². The van der Waals surface area contributed by atoms with Crippen LogP contribution in [0, 0.1) is 0 Å². The van der Waals surface area contributed by atoms with Crippen LogP contribution in [-0.2, 0) is 23.9 Å². The lowest BCUT2D eigenvalue weighted by Gasteiger charge is -2.24. The second-order valence-electron chi connectivity index (χ2n) is 6.18. The monoisotopic (exact) mass is 419 g/mol. The molecule has 1 aromatic carbocycles. The topological polar surface area (TPSA) is 67.1 Å². The normalized spacial score (nSPS) is 17.0. The molecule has 0 spiro atoms. The van der Waals surface area contributed by atoms with Crippen LogP contribution in [-0.4, -0.2) is 26.7 Å². The molecule has 0 unspecified atom stereocenters. The Morgan fingerprint density at radius 3 is 2.89 bits per heavy atom. The fourth-order valence-corrected chi connectivity index (χ4v) is 4.25. The van der Waals surface area contributed by atoms with Crippen molar-refractivity contribution in [2.45, 2.75) is 42.9 Å². The van der Waals surface area contributed by atoms with Crippen molar-refractivity contribution in [3.8, 4) is 0 Å². The van der Waals surface area contributed by atoms with E-state index in [1.54, 1.807) is 6.20 Å². The molecule has 3 rings (SSSR count). The molecule has 0 fully saturated rings. The van der Waals surface area contributed by atoms with Gasteiger partial charge in [-0.25, -0.2) is 0 Å². The van der Waals surface area contributed by atoms with Crippen LogP contribution in [0.25, 0.3) is 0 Å². The molecule has 146 valence electrons. The quantitative estimate of drug-likeness (QED) is 0.538. The lowest BCUT2D eigenvalue weighted by molar-refractivity contribution is -0.138. The van der Waals surface area contributed by atoms with Crippen molar-refractivity contribution >= 4 is 29.3 Å². The number of carbonyl (C=O) groups is 1. The summed E-state index contributed by atoms with van der Waals surface area (Å²) in [5, 5.41) is 16.5. The minimum atomic E-state index is -4.42. The van der Waals surface area contributed by atoms with Crippen LogP contribution >= 0.6 is 23.4 Å². The summed E-state index contributed by atoms with van der Waals surface area (Å²) in [5.41, 5.74) is 1.12. The van der Waals surface area contributed by atoms with Gasteiger partial charge >= 0.3 is 12.1 Å². The number of thioether (sulfide) groups is 1. The summed E-state index contributed by atoms with van der Waals surface area (Å²) in [6.45, 7) is -0.169. The summed E-state index contributed by atoms with van der Waals surface area (Å²) in [6.07, 6.45) is -0.169. The molecule has 5 nitrogen and oxygen atoms in total. The van der Waals surface area contributed by atoms with Crippen LogP contribution in [0.2, 0.25) is 5.02 Å². The number of hydrogen-bond donors (Lipinski definition) is 2. The maximum absolute atomic E-state index is 12.7. The summed E-state index contributed by atoms with van der Waals surface area (Å²) < 4.78 is 39.6. The molecule has 0 amide bonds. The zero-order chi connectivity index (χ0) is 19.6. The lowest BCUT2D eigenvalue weighted by atomic mass is 9.93. The molecular formula is C17H17ClF3N3O2S. The summed E-state index contributed by atoms with van der Waals surface area (Å²) >= 11 is 7.29. The van der Waals surface area contributed by atoms with Crippen LogP contribution in [0.5, 0.6) is 0 Å². The highest BCUT2D eigenvalue weighted by atomic mass is 35.5. The van der Waals surface area contributed by atoms with Crippen molar-refractivity contribution in [2.24, 2.45) is 0 Å². The Morgan fingerprint density at radius 2 is 2.22 bits per heavy atom. The first kappa shape index (κ1) is 20.0. The number of rotatable bonds is 6. The van der Waals surface area contributed by atoms with Gasteiger partial charge in [0.05, 0.1) is 16.8 Å². The Balaban J connectivity index is 1.62. The number of aliphatic carboxylic acids is 1. The fraction of sp³-hybridized carbons (Fsp3) is 0.412. The Morgan fingerprint density at radius 1 is 1.44 bits per heavy atom. The number of hydrogen-bond acceptors (Lipinski definition) is 4. The summed E-state index contributed by atoms with van der Waals surface area (Å²) in [5.74, 6) is -0.484. The third-order valence-corrected chi connectivity index (χ3v) is 5.77. The van der Waals surface area contributed by atoms with Gasteiger partial charge in [-0.15, -0.1) is 11.8 Å². The molecule has 0 saturated heterocycles. The molecule has 1 atom stereocenters. The molecule has 1 heterocycles. The zero-order valence-corrected chi connectivity index (χ0v) is 15.7. The molecule has 0 aliphatic heterocycles. The summed E-state index contributed by atoms with van der Waals surface area (Å²) in [4.78, 5) is 11.5. The zero-order valence-electron chi connectivity index (χ0n) is 14.1. The second kappa shape index (κ2) is 8.12. The number of aromatic nitrogens is 2. The van der Waals surface area contributed by atoms with E-state index >= 15 is 0 Å². The maximum Gasteiger partial charge on any atom is 0.416 e. The first-order valence-corrected chi connectivity index (χ1v) is 9.61. The van der Waals surface area contributed by atoms with Crippen LogP contribution in [0.15, 0.2) is 29.3 Å². The lowest BCUT2D eigenvalue weighted by Crippen LogP contribution is -2.25. The third kappa shape index (κ3) is 4.77. The van der Waals surface area contributed by atoms with Crippen molar-refractivity contribution in [2.75, 3.05) is 5.88 Å². The van der Waals surface area contributed by atoms with Gasteiger partial charge in [0.25, 0.3) is 0 Å². The van der Waals surface area contributed by atoms with E-state index in [-0.39, 0.29) is 17.6 Å². The molecule has 0 radical (unpaired) electrons. The first-order valence-electron chi connectivity index (χ1n) is 8.25. The minimum absolute atomic E-state index is 0.0250. The number of carboxylic acid groups (broad SMARTS) is 1.